The zero-order valence-corrected chi connectivity index (χ0v) is 11.7. The summed E-state index contributed by atoms with van der Waals surface area (Å²) < 4.78 is 12.7. The molecule has 104 valence electrons. The predicted molar refractivity (Wildman–Crippen MR) is 72.1 cm³/mol. The molecule has 0 aromatic carbocycles. The van der Waals surface area contributed by atoms with E-state index >= 15 is 0 Å². The second kappa shape index (κ2) is 8.94. The molecule has 1 heterocycles. The van der Waals surface area contributed by atoms with Gasteiger partial charge in [-0.3, -0.25) is 4.68 Å². The van der Waals surface area contributed by atoms with Gasteiger partial charge < -0.3 is 14.8 Å². The highest BCUT2D eigenvalue weighted by molar-refractivity contribution is 5.11. The molecule has 0 amide bonds. The maximum Gasteiger partial charge on any atom is 0.157 e. The Morgan fingerprint density at radius 2 is 2.17 bits per heavy atom. The summed E-state index contributed by atoms with van der Waals surface area (Å²) in [4.78, 5) is 0. The van der Waals surface area contributed by atoms with Crippen molar-refractivity contribution in [2.45, 2.75) is 33.2 Å². The average molecular weight is 255 g/mol. The minimum atomic E-state index is 0.374. The summed E-state index contributed by atoms with van der Waals surface area (Å²) >= 11 is 0. The van der Waals surface area contributed by atoms with E-state index in [1.54, 1.807) is 6.20 Å². The van der Waals surface area contributed by atoms with Crippen LogP contribution in [0.1, 0.15) is 33.2 Å². The van der Waals surface area contributed by atoms with Crippen LogP contribution in [0.15, 0.2) is 12.4 Å². The number of hydrogen-bond acceptors (Lipinski definition) is 4. The van der Waals surface area contributed by atoms with Gasteiger partial charge in [0, 0.05) is 25.8 Å². The summed E-state index contributed by atoms with van der Waals surface area (Å²) in [7, 11) is 0. The molecule has 0 saturated carbocycles. The molecular formula is C13H25N3O2. The second-order valence-electron chi connectivity index (χ2n) is 4.40. The first-order chi connectivity index (χ1) is 8.74. The molecule has 0 radical (unpaired) electrons. The van der Waals surface area contributed by atoms with Gasteiger partial charge in [0.25, 0.3) is 0 Å². The minimum absolute atomic E-state index is 0.374. The van der Waals surface area contributed by atoms with Gasteiger partial charge in [-0.1, -0.05) is 0 Å². The lowest BCUT2D eigenvalue weighted by atomic mass is 10.4. The quantitative estimate of drug-likeness (QED) is 0.648. The first-order valence-electron chi connectivity index (χ1n) is 6.69. The molecule has 1 aromatic rings. The fourth-order valence-corrected chi connectivity index (χ4v) is 1.49. The summed E-state index contributed by atoms with van der Waals surface area (Å²) in [6, 6.07) is 0.374. The van der Waals surface area contributed by atoms with Gasteiger partial charge in [-0.15, -0.1) is 0 Å². The molecule has 1 rings (SSSR count). The Kier molecular flexibility index (Phi) is 7.44. The van der Waals surface area contributed by atoms with Crippen molar-refractivity contribution in [2.75, 3.05) is 32.9 Å². The van der Waals surface area contributed by atoms with Crippen molar-refractivity contribution < 1.29 is 9.47 Å². The highest BCUT2D eigenvalue weighted by Crippen LogP contribution is 2.11. The molecule has 1 N–H and O–H groups in total. The Morgan fingerprint density at radius 3 is 2.83 bits per heavy atom. The van der Waals surface area contributed by atoms with E-state index in [4.69, 9.17) is 9.47 Å². The third-order valence-electron chi connectivity index (χ3n) is 2.50. The number of aromatic nitrogens is 2. The molecule has 0 aliphatic heterocycles. The Balaban J connectivity index is 2.00. The smallest absolute Gasteiger partial charge is 0.157 e. The predicted octanol–water partition coefficient (Wildman–Crippen LogP) is 1.86. The van der Waals surface area contributed by atoms with Crippen molar-refractivity contribution in [1.29, 1.82) is 0 Å². The Labute approximate surface area is 109 Å². The van der Waals surface area contributed by atoms with E-state index in [1.165, 1.54) is 0 Å². The van der Waals surface area contributed by atoms with Crippen molar-refractivity contribution in [2.24, 2.45) is 0 Å². The molecule has 18 heavy (non-hydrogen) atoms. The van der Waals surface area contributed by atoms with Crippen LogP contribution in [0.25, 0.3) is 0 Å². The van der Waals surface area contributed by atoms with Gasteiger partial charge in [0.1, 0.15) is 6.61 Å². The third kappa shape index (κ3) is 6.02. The van der Waals surface area contributed by atoms with Crippen LogP contribution in [0.5, 0.6) is 5.75 Å². The van der Waals surface area contributed by atoms with Crippen LogP contribution in [0.4, 0.5) is 0 Å². The highest BCUT2D eigenvalue weighted by atomic mass is 16.5. The first-order valence-corrected chi connectivity index (χ1v) is 6.69. The topological polar surface area (TPSA) is 48.3 Å². The van der Waals surface area contributed by atoms with E-state index < -0.39 is 0 Å². The molecule has 0 fully saturated rings. The fourth-order valence-electron chi connectivity index (χ4n) is 1.49. The third-order valence-corrected chi connectivity index (χ3v) is 2.50. The largest absolute Gasteiger partial charge is 0.489 e. The van der Waals surface area contributed by atoms with Gasteiger partial charge in [0.15, 0.2) is 5.75 Å². The molecule has 0 unspecified atom stereocenters. The summed E-state index contributed by atoms with van der Waals surface area (Å²) in [5.74, 6) is 0.833. The monoisotopic (exact) mass is 255 g/mol. The lowest BCUT2D eigenvalue weighted by Crippen LogP contribution is -2.22. The number of ether oxygens (including phenoxy) is 2. The molecule has 1 aromatic heterocycles. The SMILES string of the molecule is CCOCCCNCCOc1cnn(C(C)C)c1. The van der Waals surface area contributed by atoms with Crippen molar-refractivity contribution in [3.05, 3.63) is 12.4 Å². The Bertz CT molecular complexity index is 313. The molecule has 0 atom stereocenters. The van der Waals surface area contributed by atoms with Crippen molar-refractivity contribution in [3.63, 3.8) is 0 Å². The molecule has 0 bridgehead atoms. The summed E-state index contributed by atoms with van der Waals surface area (Å²) in [5, 5.41) is 7.53. The van der Waals surface area contributed by atoms with Gasteiger partial charge in [0.2, 0.25) is 0 Å². The van der Waals surface area contributed by atoms with Crippen LogP contribution in [-0.2, 0) is 4.74 Å². The van der Waals surface area contributed by atoms with E-state index in [0.29, 0.717) is 12.6 Å². The molecule has 0 aliphatic rings. The van der Waals surface area contributed by atoms with Gasteiger partial charge in [0.05, 0.1) is 12.4 Å². The maximum atomic E-state index is 5.59. The van der Waals surface area contributed by atoms with E-state index in [-0.39, 0.29) is 0 Å². The fraction of sp³-hybridized carbons (Fsp3) is 0.769. The van der Waals surface area contributed by atoms with Crippen LogP contribution in [0, 0.1) is 0 Å². The molecule has 5 heteroatoms. The molecule has 0 spiro atoms. The van der Waals surface area contributed by atoms with E-state index in [2.05, 4.69) is 24.3 Å². The average Bonchev–Trinajstić information content (AvgIpc) is 2.81. The molecule has 0 aliphatic carbocycles. The number of nitrogens with one attached hydrogen (secondary N) is 1. The summed E-state index contributed by atoms with van der Waals surface area (Å²) in [6.07, 6.45) is 4.73. The van der Waals surface area contributed by atoms with Crippen LogP contribution in [0.2, 0.25) is 0 Å². The van der Waals surface area contributed by atoms with Crippen LogP contribution in [0.3, 0.4) is 0 Å². The van der Waals surface area contributed by atoms with Gasteiger partial charge in [-0.25, -0.2) is 0 Å². The number of rotatable bonds is 10. The maximum absolute atomic E-state index is 5.59. The Hall–Kier alpha value is -1.07. The van der Waals surface area contributed by atoms with Crippen molar-refractivity contribution >= 4 is 0 Å². The highest BCUT2D eigenvalue weighted by Gasteiger charge is 2.01. The second-order valence-corrected chi connectivity index (χ2v) is 4.40. The first kappa shape index (κ1) is 15.0. The summed E-state index contributed by atoms with van der Waals surface area (Å²) in [5.41, 5.74) is 0. The van der Waals surface area contributed by atoms with Gasteiger partial charge in [-0.05, 0) is 33.7 Å². The minimum Gasteiger partial charge on any atom is -0.489 e. The zero-order chi connectivity index (χ0) is 13.2. The van der Waals surface area contributed by atoms with E-state index in [0.717, 1.165) is 38.5 Å². The lowest BCUT2D eigenvalue weighted by molar-refractivity contribution is 0.144. The van der Waals surface area contributed by atoms with Crippen LogP contribution >= 0.6 is 0 Å². The molecule has 5 nitrogen and oxygen atoms in total. The number of hydrogen-bond donors (Lipinski definition) is 1. The van der Waals surface area contributed by atoms with Gasteiger partial charge >= 0.3 is 0 Å². The van der Waals surface area contributed by atoms with Crippen LogP contribution in [-0.4, -0.2) is 42.7 Å². The summed E-state index contributed by atoms with van der Waals surface area (Å²) in [6.45, 7) is 10.3. The Morgan fingerprint density at radius 1 is 1.33 bits per heavy atom. The molecule has 0 saturated heterocycles. The zero-order valence-electron chi connectivity index (χ0n) is 11.7. The number of nitrogens with zero attached hydrogens (tertiary/aromatic N) is 2. The van der Waals surface area contributed by atoms with Gasteiger partial charge in [-0.2, -0.15) is 5.10 Å². The van der Waals surface area contributed by atoms with Crippen molar-refractivity contribution in [1.82, 2.24) is 15.1 Å². The van der Waals surface area contributed by atoms with Crippen LogP contribution < -0.4 is 10.1 Å². The normalized spacial score (nSPS) is 11.1. The van der Waals surface area contributed by atoms with Crippen molar-refractivity contribution in [3.8, 4) is 5.75 Å². The lowest BCUT2D eigenvalue weighted by Gasteiger charge is -2.06. The molecular weight excluding hydrogens is 230 g/mol. The standard InChI is InChI=1S/C13H25N3O2/c1-4-17-8-5-6-14-7-9-18-13-10-15-16(11-13)12(2)3/h10-12,14H,4-9H2,1-3H3. The van der Waals surface area contributed by atoms with E-state index in [9.17, 15) is 0 Å². The van der Waals surface area contributed by atoms with E-state index in [1.807, 2.05) is 17.8 Å².